The van der Waals surface area contributed by atoms with E-state index in [0.29, 0.717) is 24.4 Å². The van der Waals surface area contributed by atoms with Crippen molar-refractivity contribution >= 4 is 32.6 Å². The van der Waals surface area contributed by atoms with Gasteiger partial charge in [-0.15, -0.1) is 0 Å². The van der Waals surface area contributed by atoms with E-state index < -0.39 is 9.84 Å². The van der Waals surface area contributed by atoms with E-state index in [1.807, 2.05) is 11.8 Å². The van der Waals surface area contributed by atoms with Gasteiger partial charge in [0, 0.05) is 13.1 Å². The number of aromatic nitrogens is 1. The van der Waals surface area contributed by atoms with E-state index in [0.717, 1.165) is 23.5 Å². The number of thiazole rings is 1. The molecular weight excluding hydrogens is 272 g/mol. The minimum atomic E-state index is -2.91. The third kappa shape index (κ3) is 2.89. The van der Waals surface area contributed by atoms with Crippen LogP contribution in [-0.4, -0.2) is 44.3 Å². The van der Waals surface area contributed by atoms with Crippen LogP contribution in [0.3, 0.4) is 0 Å². The second-order valence-corrected chi connectivity index (χ2v) is 7.58. The largest absolute Gasteiger partial charge is 0.347 e. The van der Waals surface area contributed by atoms with Crippen LogP contribution in [0, 0.1) is 0 Å². The Morgan fingerprint density at radius 1 is 1.39 bits per heavy atom. The van der Waals surface area contributed by atoms with Crippen molar-refractivity contribution in [3.05, 3.63) is 10.6 Å². The summed E-state index contributed by atoms with van der Waals surface area (Å²) in [5.41, 5.74) is 0.803. The van der Waals surface area contributed by atoms with Gasteiger partial charge in [0.25, 0.3) is 0 Å². The van der Waals surface area contributed by atoms with Gasteiger partial charge < -0.3 is 4.90 Å². The normalized spacial score (nSPS) is 19.5. The van der Waals surface area contributed by atoms with Gasteiger partial charge in [0.1, 0.15) is 0 Å². The minimum Gasteiger partial charge on any atom is -0.347 e. The van der Waals surface area contributed by atoms with E-state index in [9.17, 15) is 13.2 Å². The Hall–Kier alpha value is -0.950. The Labute approximate surface area is 111 Å². The maximum Gasteiger partial charge on any atom is 0.186 e. The molecule has 1 fully saturated rings. The molecule has 0 amide bonds. The molecule has 0 aliphatic carbocycles. The molecule has 1 aliphatic rings. The van der Waals surface area contributed by atoms with Crippen LogP contribution in [0.25, 0.3) is 0 Å². The van der Waals surface area contributed by atoms with Gasteiger partial charge in [-0.1, -0.05) is 18.3 Å². The van der Waals surface area contributed by atoms with Crippen LogP contribution in [0.15, 0.2) is 0 Å². The summed E-state index contributed by atoms with van der Waals surface area (Å²) in [5.74, 6) is 0.417. The molecule has 0 radical (unpaired) electrons. The second kappa shape index (κ2) is 5.36. The lowest BCUT2D eigenvalue weighted by atomic mass is 10.3. The van der Waals surface area contributed by atoms with Gasteiger partial charge in [-0.3, -0.25) is 4.79 Å². The molecule has 0 N–H and O–H groups in total. The molecule has 2 rings (SSSR count). The Morgan fingerprint density at radius 2 is 2.17 bits per heavy atom. The average molecular weight is 288 g/mol. The zero-order valence-corrected chi connectivity index (χ0v) is 11.9. The quantitative estimate of drug-likeness (QED) is 0.780. The molecule has 0 aromatic carbocycles. The van der Waals surface area contributed by atoms with Gasteiger partial charge in [0.05, 0.1) is 22.1 Å². The summed E-state index contributed by atoms with van der Waals surface area (Å²) < 4.78 is 23.1. The number of anilines is 1. The van der Waals surface area contributed by atoms with E-state index in [-0.39, 0.29) is 11.5 Å². The number of aryl methyl sites for hydroxylation is 1. The van der Waals surface area contributed by atoms with Crippen molar-refractivity contribution < 1.29 is 13.2 Å². The standard InChI is InChI=1S/C11H16N2O3S2/c1-2-9-10(8-14)17-11(12-9)13-4-3-6-18(15,16)7-5-13/h8H,2-7H2,1H3. The van der Waals surface area contributed by atoms with Crippen LogP contribution in [0.4, 0.5) is 5.13 Å². The highest BCUT2D eigenvalue weighted by Gasteiger charge is 2.22. The lowest BCUT2D eigenvalue weighted by Crippen LogP contribution is -2.26. The molecule has 2 heterocycles. The number of nitrogens with zero attached hydrogens (tertiary/aromatic N) is 2. The first kappa shape index (κ1) is 13.5. The van der Waals surface area contributed by atoms with Gasteiger partial charge in [0.2, 0.25) is 0 Å². The van der Waals surface area contributed by atoms with E-state index >= 15 is 0 Å². The minimum absolute atomic E-state index is 0.171. The number of hydrogen-bond acceptors (Lipinski definition) is 6. The Bertz CT molecular complexity index is 536. The highest BCUT2D eigenvalue weighted by atomic mass is 32.2. The predicted molar refractivity (Wildman–Crippen MR) is 72.4 cm³/mol. The van der Waals surface area contributed by atoms with Gasteiger partial charge in [-0.25, -0.2) is 13.4 Å². The average Bonchev–Trinajstić information content (AvgIpc) is 2.67. The molecule has 5 nitrogen and oxygen atoms in total. The second-order valence-electron chi connectivity index (χ2n) is 4.27. The van der Waals surface area contributed by atoms with Crippen molar-refractivity contribution in [2.24, 2.45) is 0 Å². The Balaban J connectivity index is 2.21. The van der Waals surface area contributed by atoms with Crippen LogP contribution >= 0.6 is 11.3 Å². The van der Waals surface area contributed by atoms with E-state index in [1.165, 1.54) is 11.3 Å². The lowest BCUT2D eigenvalue weighted by Gasteiger charge is -2.17. The fourth-order valence-corrected chi connectivity index (χ4v) is 4.25. The fraction of sp³-hybridized carbons (Fsp3) is 0.636. The molecule has 18 heavy (non-hydrogen) atoms. The van der Waals surface area contributed by atoms with Crippen molar-refractivity contribution in [2.45, 2.75) is 19.8 Å². The molecule has 100 valence electrons. The number of rotatable bonds is 3. The van der Waals surface area contributed by atoms with Crippen molar-refractivity contribution in [1.29, 1.82) is 0 Å². The third-order valence-corrected chi connectivity index (χ3v) is 5.78. The first-order chi connectivity index (χ1) is 8.55. The first-order valence-corrected chi connectivity index (χ1v) is 8.60. The molecule has 1 aliphatic heterocycles. The molecule has 1 saturated heterocycles. The van der Waals surface area contributed by atoms with Crippen LogP contribution in [0.1, 0.15) is 28.7 Å². The van der Waals surface area contributed by atoms with Gasteiger partial charge in [0.15, 0.2) is 21.3 Å². The maximum absolute atomic E-state index is 11.5. The van der Waals surface area contributed by atoms with E-state index in [1.54, 1.807) is 0 Å². The maximum atomic E-state index is 11.5. The highest BCUT2D eigenvalue weighted by Crippen LogP contribution is 2.26. The van der Waals surface area contributed by atoms with Crippen LogP contribution in [-0.2, 0) is 16.3 Å². The number of carbonyl (C=O) groups is 1. The SMILES string of the molecule is CCc1nc(N2CCCS(=O)(=O)CC2)sc1C=O. The molecule has 0 atom stereocenters. The van der Waals surface area contributed by atoms with Gasteiger partial charge in [-0.2, -0.15) is 0 Å². The van der Waals surface area contributed by atoms with Crippen molar-refractivity contribution in [3.63, 3.8) is 0 Å². The number of sulfone groups is 1. The summed E-state index contributed by atoms with van der Waals surface area (Å²) in [6.45, 7) is 3.12. The molecule has 0 saturated carbocycles. The summed E-state index contributed by atoms with van der Waals surface area (Å²) in [6, 6.07) is 0. The number of carbonyl (C=O) groups excluding carboxylic acids is 1. The molecule has 1 aromatic rings. The summed E-state index contributed by atoms with van der Waals surface area (Å²) in [6.07, 6.45) is 2.17. The molecule has 0 spiro atoms. The highest BCUT2D eigenvalue weighted by molar-refractivity contribution is 7.91. The smallest absolute Gasteiger partial charge is 0.186 e. The summed E-state index contributed by atoms with van der Waals surface area (Å²) in [5, 5.41) is 0.769. The van der Waals surface area contributed by atoms with Gasteiger partial charge >= 0.3 is 0 Å². The van der Waals surface area contributed by atoms with Gasteiger partial charge in [-0.05, 0) is 12.8 Å². The first-order valence-electron chi connectivity index (χ1n) is 5.96. The summed E-state index contributed by atoms with van der Waals surface area (Å²) >= 11 is 1.35. The van der Waals surface area contributed by atoms with Crippen molar-refractivity contribution in [1.82, 2.24) is 4.98 Å². The monoisotopic (exact) mass is 288 g/mol. The molecule has 1 aromatic heterocycles. The number of hydrogen-bond donors (Lipinski definition) is 0. The van der Waals surface area contributed by atoms with Crippen molar-refractivity contribution in [3.8, 4) is 0 Å². The predicted octanol–water partition coefficient (Wildman–Crippen LogP) is 1.14. The Kier molecular flexibility index (Phi) is 4.01. The number of aldehydes is 1. The molecular formula is C11H16N2O3S2. The van der Waals surface area contributed by atoms with Crippen LogP contribution in [0.5, 0.6) is 0 Å². The van der Waals surface area contributed by atoms with E-state index in [2.05, 4.69) is 4.98 Å². The summed E-state index contributed by atoms with van der Waals surface area (Å²) in [4.78, 5) is 18.0. The third-order valence-electron chi connectivity index (χ3n) is 2.98. The Morgan fingerprint density at radius 3 is 2.78 bits per heavy atom. The summed E-state index contributed by atoms with van der Waals surface area (Å²) in [7, 11) is -2.91. The lowest BCUT2D eigenvalue weighted by molar-refractivity contribution is 0.112. The van der Waals surface area contributed by atoms with Crippen LogP contribution < -0.4 is 4.90 Å². The molecule has 0 bridgehead atoms. The van der Waals surface area contributed by atoms with Crippen LogP contribution in [0.2, 0.25) is 0 Å². The zero-order valence-electron chi connectivity index (χ0n) is 10.3. The molecule has 7 heteroatoms. The fourth-order valence-electron chi connectivity index (χ4n) is 1.96. The van der Waals surface area contributed by atoms with Crippen molar-refractivity contribution in [2.75, 3.05) is 29.5 Å². The molecule has 0 unspecified atom stereocenters. The van der Waals surface area contributed by atoms with E-state index in [4.69, 9.17) is 0 Å². The zero-order chi connectivity index (χ0) is 13.2. The topological polar surface area (TPSA) is 67.3 Å².